The highest BCUT2D eigenvalue weighted by Gasteiger charge is 2.04. The number of rotatable bonds is 4. The van der Waals surface area contributed by atoms with E-state index in [4.69, 9.17) is 21.0 Å². The van der Waals surface area contributed by atoms with Gasteiger partial charge in [0, 0.05) is 0 Å². The van der Waals surface area contributed by atoms with Crippen LogP contribution in [0, 0.1) is 17.2 Å². The van der Waals surface area contributed by atoms with Gasteiger partial charge in [0.1, 0.15) is 12.7 Å². The third kappa shape index (κ3) is 4.63. The first kappa shape index (κ1) is 11.2. The maximum Gasteiger partial charge on any atom is 0.224 e. The summed E-state index contributed by atoms with van der Waals surface area (Å²) >= 11 is 0. The molecule has 0 aliphatic rings. The van der Waals surface area contributed by atoms with Crippen LogP contribution in [0.1, 0.15) is 13.8 Å². The largest absolute Gasteiger partial charge is 0.409 e. The van der Waals surface area contributed by atoms with Crippen molar-refractivity contribution < 1.29 is 10.0 Å². The van der Waals surface area contributed by atoms with E-state index in [2.05, 4.69) is 10.3 Å². The molecule has 0 aliphatic heterocycles. The predicted molar refractivity (Wildman–Crippen MR) is 47.2 cm³/mol. The van der Waals surface area contributed by atoms with Gasteiger partial charge in [0.25, 0.3) is 0 Å². The molecule has 0 saturated carbocycles. The van der Waals surface area contributed by atoms with Gasteiger partial charge in [0.05, 0.1) is 0 Å². The van der Waals surface area contributed by atoms with Crippen LogP contribution in [-0.2, 0) is 4.84 Å². The maximum absolute atomic E-state index is 8.46. The van der Waals surface area contributed by atoms with Crippen LogP contribution in [0.3, 0.4) is 0 Å². The van der Waals surface area contributed by atoms with Crippen molar-refractivity contribution in [2.75, 3.05) is 6.61 Å². The van der Waals surface area contributed by atoms with Gasteiger partial charge in [-0.15, -0.1) is 0 Å². The van der Waals surface area contributed by atoms with Gasteiger partial charge in [-0.05, 0) is 5.92 Å². The van der Waals surface area contributed by atoms with Gasteiger partial charge in [-0.2, -0.15) is 5.26 Å². The molecule has 0 aromatic carbocycles. The molecule has 0 bridgehead atoms. The minimum Gasteiger partial charge on any atom is -0.409 e. The number of nitrogens with zero attached hydrogens (tertiary/aromatic N) is 3. The summed E-state index contributed by atoms with van der Waals surface area (Å²) in [7, 11) is 0. The number of hydrogen-bond donors (Lipinski definition) is 2. The fourth-order valence-electron chi connectivity index (χ4n) is 0.423. The molecule has 0 atom stereocenters. The summed E-state index contributed by atoms with van der Waals surface area (Å²) in [5.41, 5.74) is 4.88. The molecule has 0 spiro atoms. The molecule has 0 radical (unpaired) electrons. The molecule has 3 N–H and O–H groups in total. The average molecular weight is 184 g/mol. The summed E-state index contributed by atoms with van der Waals surface area (Å²) in [6, 6.07) is 1.64. The van der Waals surface area contributed by atoms with Gasteiger partial charge in [-0.3, -0.25) is 0 Å². The number of oxime groups is 2. The predicted octanol–water partition coefficient (Wildman–Crippen LogP) is 0.285. The lowest BCUT2D eigenvalue weighted by atomic mass is 10.2. The molecular formula is C7H12N4O2. The Bertz CT molecular complexity index is 252. The van der Waals surface area contributed by atoms with Crippen LogP contribution in [-0.4, -0.2) is 23.4 Å². The normalized spacial score (nSPS) is 12.8. The van der Waals surface area contributed by atoms with Crippen LogP contribution in [0.5, 0.6) is 0 Å². The van der Waals surface area contributed by atoms with E-state index in [9.17, 15) is 0 Å². The van der Waals surface area contributed by atoms with Gasteiger partial charge in [0.15, 0.2) is 0 Å². The van der Waals surface area contributed by atoms with E-state index in [1.807, 2.05) is 13.8 Å². The Kier molecular flexibility index (Phi) is 5.03. The third-order valence-corrected chi connectivity index (χ3v) is 1.02. The van der Waals surface area contributed by atoms with E-state index in [1.54, 1.807) is 6.07 Å². The fourth-order valence-corrected chi connectivity index (χ4v) is 0.423. The molecule has 72 valence electrons. The first-order chi connectivity index (χ1) is 6.11. The molecule has 0 heterocycles. The van der Waals surface area contributed by atoms with Crippen LogP contribution in [0.25, 0.3) is 0 Å². The Hall–Kier alpha value is -1.77. The number of hydrogen-bond acceptors (Lipinski definition) is 5. The number of nitriles is 1. The smallest absolute Gasteiger partial charge is 0.224 e. The molecule has 0 rings (SSSR count). The second kappa shape index (κ2) is 5.83. The molecule has 0 aromatic heterocycles. The van der Waals surface area contributed by atoms with Crippen molar-refractivity contribution in [1.82, 2.24) is 0 Å². The standard InChI is InChI=1S/C7H12N4O2/c1-5(2)4-13-11-6(3-8)7(9)10-12/h5,12H,4H2,1-2H3,(H2,9,10). The van der Waals surface area contributed by atoms with Crippen LogP contribution >= 0.6 is 0 Å². The second-order valence-electron chi connectivity index (χ2n) is 2.73. The summed E-state index contributed by atoms with van der Waals surface area (Å²) in [5, 5.41) is 22.7. The van der Waals surface area contributed by atoms with Crippen molar-refractivity contribution in [3.05, 3.63) is 0 Å². The van der Waals surface area contributed by atoms with Crippen molar-refractivity contribution >= 4 is 11.5 Å². The monoisotopic (exact) mass is 184 g/mol. The van der Waals surface area contributed by atoms with E-state index >= 15 is 0 Å². The zero-order valence-corrected chi connectivity index (χ0v) is 7.56. The van der Waals surface area contributed by atoms with E-state index in [0.717, 1.165) is 0 Å². The Labute approximate surface area is 76.3 Å². The van der Waals surface area contributed by atoms with Crippen LogP contribution in [0.2, 0.25) is 0 Å². The molecule has 0 unspecified atom stereocenters. The zero-order valence-electron chi connectivity index (χ0n) is 7.56. The highest BCUT2D eigenvalue weighted by Crippen LogP contribution is 1.93. The van der Waals surface area contributed by atoms with E-state index in [-0.39, 0.29) is 11.5 Å². The van der Waals surface area contributed by atoms with Gasteiger partial charge < -0.3 is 15.8 Å². The van der Waals surface area contributed by atoms with Gasteiger partial charge in [0.2, 0.25) is 11.5 Å². The fraction of sp³-hybridized carbons (Fsp3) is 0.571. The third-order valence-electron chi connectivity index (χ3n) is 1.02. The number of amidine groups is 1. The second-order valence-corrected chi connectivity index (χ2v) is 2.73. The molecular weight excluding hydrogens is 172 g/mol. The molecule has 13 heavy (non-hydrogen) atoms. The Morgan fingerprint density at radius 1 is 1.69 bits per heavy atom. The minimum atomic E-state index is -0.355. The first-order valence-corrected chi connectivity index (χ1v) is 3.69. The average Bonchev–Trinajstić information content (AvgIpc) is 2.11. The Morgan fingerprint density at radius 2 is 2.31 bits per heavy atom. The lowest BCUT2D eigenvalue weighted by molar-refractivity contribution is 0.119. The number of nitrogens with two attached hydrogens (primary N) is 1. The first-order valence-electron chi connectivity index (χ1n) is 3.69. The summed E-state index contributed by atoms with van der Waals surface area (Å²) in [5.74, 6) is -0.0535. The molecule has 0 fully saturated rings. The quantitative estimate of drug-likeness (QED) is 0.283. The van der Waals surface area contributed by atoms with Crippen molar-refractivity contribution in [3.8, 4) is 6.07 Å². The van der Waals surface area contributed by atoms with E-state index in [0.29, 0.717) is 12.5 Å². The topological polar surface area (TPSA) is 104 Å². The molecule has 0 aromatic rings. The van der Waals surface area contributed by atoms with Crippen molar-refractivity contribution in [1.29, 1.82) is 5.26 Å². The Morgan fingerprint density at radius 3 is 2.69 bits per heavy atom. The highest BCUT2D eigenvalue weighted by atomic mass is 16.6. The van der Waals surface area contributed by atoms with Crippen molar-refractivity contribution in [2.24, 2.45) is 22.0 Å². The summed E-state index contributed by atoms with van der Waals surface area (Å²) < 4.78 is 0. The Balaban J connectivity index is 4.19. The summed E-state index contributed by atoms with van der Waals surface area (Å²) in [4.78, 5) is 4.76. The van der Waals surface area contributed by atoms with E-state index < -0.39 is 0 Å². The molecule has 6 heteroatoms. The molecule has 0 saturated heterocycles. The highest BCUT2D eigenvalue weighted by molar-refractivity contribution is 6.46. The summed E-state index contributed by atoms with van der Waals surface area (Å²) in [6.45, 7) is 4.25. The zero-order chi connectivity index (χ0) is 10.3. The van der Waals surface area contributed by atoms with Gasteiger partial charge in [-0.25, -0.2) is 0 Å². The van der Waals surface area contributed by atoms with Crippen molar-refractivity contribution in [3.63, 3.8) is 0 Å². The van der Waals surface area contributed by atoms with E-state index in [1.165, 1.54) is 0 Å². The van der Waals surface area contributed by atoms with Crippen LogP contribution in [0.15, 0.2) is 10.3 Å². The molecule has 6 nitrogen and oxygen atoms in total. The lowest BCUT2D eigenvalue weighted by Gasteiger charge is -2.01. The maximum atomic E-state index is 8.46. The molecule has 0 amide bonds. The minimum absolute atomic E-state index is 0.233. The van der Waals surface area contributed by atoms with Crippen LogP contribution < -0.4 is 5.73 Å². The van der Waals surface area contributed by atoms with Crippen LogP contribution in [0.4, 0.5) is 0 Å². The lowest BCUT2D eigenvalue weighted by Crippen LogP contribution is -2.22. The van der Waals surface area contributed by atoms with Gasteiger partial charge >= 0.3 is 0 Å². The van der Waals surface area contributed by atoms with Crippen molar-refractivity contribution in [2.45, 2.75) is 13.8 Å². The SMILES string of the molecule is CC(C)CON=C(C#N)C(N)=NO. The summed E-state index contributed by atoms with van der Waals surface area (Å²) in [6.07, 6.45) is 0. The van der Waals surface area contributed by atoms with Gasteiger partial charge in [-0.1, -0.05) is 24.2 Å². The molecule has 0 aliphatic carbocycles.